The van der Waals surface area contributed by atoms with Crippen LogP contribution >= 0.6 is 34.5 Å². The molecular formula is C24H18Cl2N2O5S. The van der Waals surface area contributed by atoms with Crippen molar-refractivity contribution in [2.45, 2.75) is 19.9 Å². The second-order valence-corrected chi connectivity index (χ2v) is 9.21. The molecule has 4 rings (SSSR count). The fourth-order valence-electron chi connectivity index (χ4n) is 3.62. The third kappa shape index (κ3) is 4.32. The molecule has 1 amide bonds. The van der Waals surface area contributed by atoms with Crippen molar-refractivity contribution < 1.29 is 24.2 Å². The number of amides is 1. The molecule has 1 aliphatic rings. The van der Waals surface area contributed by atoms with Crippen molar-refractivity contribution in [2.75, 3.05) is 11.5 Å². The van der Waals surface area contributed by atoms with Crippen molar-refractivity contribution >= 4 is 63.1 Å². The summed E-state index contributed by atoms with van der Waals surface area (Å²) in [6.07, 6.45) is 0. The van der Waals surface area contributed by atoms with E-state index in [1.165, 1.54) is 4.90 Å². The van der Waals surface area contributed by atoms with Gasteiger partial charge in [0.05, 0.1) is 23.9 Å². The number of thiazole rings is 1. The minimum atomic E-state index is -0.992. The predicted octanol–water partition coefficient (Wildman–Crippen LogP) is 5.56. The summed E-state index contributed by atoms with van der Waals surface area (Å²) in [5.41, 5.74) is 1.11. The van der Waals surface area contributed by atoms with Gasteiger partial charge >= 0.3 is 11.9 Å². The van der Waals surface area contributed by atoms with Crippen molar-refractivity contribution in [1.29, 1.82) is 0 Å². The van der Waals surface area contributed by atoms with Crippen LogP contribution in [0.15, 0.2) is 54.1 Å². The number of benzene rings is 2. The maximum absolute atomic E-state index is 13.2. The summed E-state index contributed by atoms with van der Waals surface area (Å²) in [6.45, 7) is 3.49. The topological polar surface area (TPSA) is 96.8 Å². The molecule has 0 aliphatic carbocycles. The van der Waals surface area contributed by atoms with Crippen LogP contribution in [-0.2, 0) is 14.3 Å². The number of ether oxygens (including phenoxy) is 1. The van der Waals surface area contributed by atoms with Gasteiger partial charge in [0.1, 0.15) is 10.6 Å². The number of hydrogen-bond acceptors (Lipinski definition) is 7. The third-order valence-corrected chi connectivity index (χ3v) is 6.84. The van der Waals surface area contributed by atoms with E-state index in [0.717, 1.165) is 11.3 Å². The number of aromatic nitrogens is 1. The molecule has 7 nitrogen and oxygen atoms in total. The highest BCUT2D eigenvalue weighted by Crippen LogP contribution is 2.44. The van der Waals surface area contributed by atoms with Gasteiger partial charge in [-0.3, -0.25) is 14.5 Å². The molecule has 1 atom stereocenters. The SMILES string of the molecule is CCOC(=O)c1sc(N2C(=O)C(=O)/C(=C(/O)c3ccc(Cl)cc3)C2c2ccc(Cl)cc2)nc1C. The van der Waals surface area contributed by atoms with Crippen LogP contribution in [0.4, 0.5) is 5.13 Å². The highest BCUT2D eigenvalue weighted by Gasteiger charge is 2.48. The molecule has 1 saturated heterocycles. The number of ketones is 1. The van der Waals surface area contributed by atoms with Crippen molar-refractivity contribution in [3.63, 3.8) is 0 Å². The first kappa shape index (κ1) is 23.9. The molecule has 0 spiro atoms. The van der Waals surface area contributed by atoms with Gasteiger partial charge in [0.15, 0.2) is 5.13 Å². The van der Waals surface area contributed by atoms with Gasteiger partial charge in [-0.2, -0.15) is 0 Å². The first-order chi connectivity index (χ1) is 16.2. The first-order valence-corrected chi connectivity index (χ1v) is 11.8. The zero-order valence-corrected chi connectivity index (χ0v) is 20.4. The lowest BCUT2D eigenvalue weighted by molar-refractivity contribution is -0.132. The molecule has 174 valence electrons. The second-order valence-electron chi connectivity index (χ2n) is 7.36. The molecule has 34 heavy (non-hydrogen) atoms. The van der Waals surface area contributed by atoms with Crippen molar-refractivity contribution in [1.82, 2.24) is 4.98 Å². The number of Topliss-reactive ketones (excluding diaryl/α,β-unsaturated/α-hetero) is 1. The summed E-state index contributed by atoms with van der Waals surface area (Å²) >= 11 is 12.9. The lowest BCUT2D eigenvalue weighted by Gasteiger charge is -2.23. The molecule has 1 aromatic heterocycles. The van der Waals surface area contributed by atoms with Gasteiger partial charge in [-0.05, 0) is 55.8 Å². The summed E-state index contributed by atoms with van der Waals surface area (Å²) in [7, 11) is 0. The van der Waals surface area contributed by atoms with Gasteiger partial charge in [0.2, 0.25) is 0 Å². The normalized spacial score (nSPS) is 17.3. The number of nitrogens with zero attached hydrogens (tertiary/aromatic N) is 2. The molecule has 0 radical (unpaired) electrons. The summed E-state index contributed by atoms with van der Waals surface area (Å²) in [5, 5.41) is 12.1. The zero-order chi connectivity index (χ0) is 24.6. The molecule has 1 N–H and O–H groups in total. The number of hydrogen-bond donors (Lipinski definition) is 1. The molecule has 2 heterocycles. The predicted molar refractivity (Wildman–Crippen MR) is 130 cm³/mol. The van der Waals surface area contributed by atoms with E-state index in [1.807, 2.05) is 0 Å². The molecule has 1 fully saturated rings. The lowest BCUT2D eigenvalue weighted by Crippen LogP contribution is -2.29. The average Bonchev–Trinajstić information content (AvgIpc) is 3.31. The molecule has 3 aromatic rings. The first-order valence-electron chi connectivity index (χ1n) is 10.2. The average molecular weight is 517 g/mol. The Balaban J connectivity index is 1.90. The summed E-state index contributed by atoms with van der Waals surface area (Å²) < 4.78 is 5.07. The van der Waals surface area contributed by atoms with Crippen molar-refractivity contribution in [3.8, 4) is 0 Å². The number of rotatable bonds is 5. The number of anilines is 1. The van der Waals surface area contributed by atoms with E-state index >= 15 is 0 Å². The minimum Gasteiger partial charge on any atom is -0.507 e. The zero-order valence-electron chi connectivity index (χ0n) is 18.0. The Hall–Kier alpha value is -3.20. The van der Waals surface area contributed by atoms with Crippen LogP contribution in [0.2, 0.25) is 10.0 Å². The monoisotopic (exact) mass is 516 g/mol. The van der Waals surface area contributed by atoms with E-state index in [4.69, 9.17) is 27.9 Å². The van der Waals surface area contributed by atoms with Crippen molar-refractivity contribution in [3.05, 3.63) is 85.8 Å². The maximum Gasteiger partial charge on any atom is 0.350 e. The number of esters is 1. The van der Waals surface area contributed by atoms with Crippen LogP contribution < -0.4 is 4.90 Å². The molecule has 0 bridgehead atoms. The van der Waals surface area contributed by atoms with Gasteiger partial charge in [-0.1, -0.05) is 46.7 Å². The molecule has 0 saturated carbocycles. The third-order valence-electron chi connectivity index (χ3n) is 5.20. The number of aryl methyl sites for hydroxylation is 1. The van der Waals surface area contributed by atoms with Gasteiger partial charge in [-0.25, -0.2) is 9.78 Å². The van der Waals surface area contributed by atoms with Gasteiger partial charge < -0.3 is 9.84 Å². The standard InChI is InChI=1S/C24H18Cl2N2O5S/c1-3-33-23(32)21-12(2)27-24(34-21)28-18(13-4-8-15(25)9-5-13)17(20(30)22(28)31)19(29)14-6-10-16(26)11-7-14/h4-11,18,29H,3H2,1-2H3/b19-17+. The van der Waals surface area contributed by atoms with E-state index in [-0.39, 0.29) is 27.9 Å². The summed E-state index contributed by atoms with van der Waals surface area (Å²) in [4.78, 5) is 44.5. The Morgan fingerprint density at radius 1 is 1.09 bits per heavy atom. The van der Waals surface area contributed by atoms with E-state index in [9.17, 15) is 19.5 Å². The Labute approximate surface area is 209 Å². The largest absolute Gasteiger partial charge is 0.507 e. The van der Waals surface area contributed by atoms with Gasteiger partial charge in [-0.15, -0.1) is 0 Å². The fraction of sp³-hybridized carbons (Fsp3) is 0.167. The van der Waals surface area contributed by atoms with Crippen LogP contribution in [0.5, 0.6) is 0 Å². The highest BCUT2D eigenvalue weighted by atomic mass is 35.5. The fourth-order valence-corrected chi connectivity index (χ4v) is 4.86. The Morgan fingerprint density at radius 2 is 1.68 bits per heavy atom. The lowest BCUT2D eigenvalue weighted by atomic mass is 9.95. The van der Waals surface area contributed by atoms with Crippen LogP contribution in [-0.4, -0.2) is 34.4 Å². The molecule has 1 unspecified atom stereocenters. The van der Waals surface area contributed by atoms with E-state index in [1.54, 1.807) is 62.4 Å². The van der Waals surface area contributed by atoms with E-state index < -0.39 is 23.7 Å². The van der Waals surface area contributed by atoms with Crippen LogP contribution in [0.3, 0.4) is 0 Å². The summed E-state index contributed by atoms with van der Waals surface area (Å²) in [5.74, 6) is -2.67. The minimum absolute atomic E-state index is 0.111. The van der Waals surface area contributed by atoms with E-state index in [2.05, 4.69) is 4.98 Å². The smallest absolute Gasteiger partial charge is 0.350 e. The number of aliphatic hydroxyl groups is 1. The molecule has 10 heteroatoms. The number of carbonyl (C=O) groups excluding carboxylic acids is 3. The maximum atomic E-state index is 13.2. The molecule has 1 aliphatic heterocycles. The Morgan fingerprint density at radius 3 is 2.26 bits per heavy atom. The Bertz CT molecular complexity index is 1320. The second kappa shape index (κ2) is 9.58. The van der Waals surface area contributed by atoms with E-state index in [0.29, 0.717) is 26.9 Å². The molecular weight excluding hydrogens is 499 g/mol. The quantitative estimate of drug-likeness (QED) is 0.206. The Kier molecular flexibility index (Phi) is 6.74. The van der Waals surface area contributed by atoms with Gasteiger partial charge in [0, 0.05) is 15.6 Å². The number of halogens is 2. The van der Waals surface area contributed by atoms with Gasteiger partial charge in [0.25, 0.3) is 5.78 Å². The van der Waals surface area contributed by atoms with Crippen LogP contribution in [0.1, 0.15) is 39.5 Å². The molecule has 2 aromatic carbocycles. The van der Waals surface area contributed by atoms with Crippen LogP contribution in [0.25, 0.3) is 5.76 Å². The van der Waals surface area contributed by atoms with Crippen LogP contribution in [0, 0.1) is 6.92 Å². The highest BCUT2D eigenvalue weighted by molar-refractivity contribution is 7.17. The number of carbonyl (C=O) groups is 3. The number of aliphatic hydroxyl groups excluding tert-OH is 1. The van der Waals surface area contributed by atoms with Crippen molar-refractivity contribution in [2.24, 2.45) is 0 Å². The summed E-state index contributed by atoms with van der Waals surface area (Å²) in [6, 6.07) is 11.8.